The lowest BCUT2D eigenvalue weighted by molar-refractivity contribution is -0.137. The molecule has 0 radical (unpaired) electrons. The van der Waals surface area contributed by atoms with Crippen molar-refractivity contribution in [1.29, 1.82) is 0 Å². The Hall–Kier alpha value is -1.66. The van der Waals surface area contributed by atoms with Crippen LogP contribution in [0.15, 0.2) is 41.1 Å². The van der Waals surface area contributed by atoms with E-state index in [9.17, 15) is 4.79 Å². The van der Waals surface area contributed by atoms with Crippen LogP contribution in [0.2, 0.25) is 0 Å². The summed E-state index contributed by atoms with van der Waals surface area (Å²) in [7, 11) is 0. The van der Waals surface area contributed by atoms with Crippen LogP contribution in [-0.4, -0.2) is 20.9 Å². The number of nitrogens with zero attached hydrogens (tertiary/aromatic N) is 2. The number of hydrogen-bond acceptors (Lipinski definition) is 3. The van der Waals surface area contributed by atoms with Crippen molar-refractivity contribution in [3.8, 4) is 5.69 Å². The number of carboxylic acids is 1. The second kappa shape index (κ2) is 5.99. The van der Waals surface area contributed by atoms with Crippen molar-refractivity contribution in [2.75, 3.05) is 0 Å². The van der Waals surface area contributed by atoms with Crippen molar-refractivity contribution >= 4 is 21.9 Å². The minimum atomic E-state index is -0.825. The first kappa shape index (κ1) is 13.8. The molecule has 19 heavy (non-hydrogen) atoms. The van der Waals surface area contributed by atoms with Gasteiger partial charge in [-0.3, -0.25) is 4.79 Å². The molecule has 1 heterocycles. The predicted octanol–water partition coefficient (Wildman–Crippen LogP) is 2.50. The van der Waals surface area contributed by atoms with E-state index in [0.717, 1.165) is 15.7 Å². The van der Waals surface area contributed by atoms with Gasteiger partial charge in [0.05, 0.1) is 16.4 Å². The van der Waals surface area contributed by atoms with Gasteiger partial charge in [-0.1, -0.05) is 12.1 Å². The Morgan fingerprint density at radius 2 is 2.11 bits per heavy atom. The smallest absolute Gasteiger partial charge is 0.303 e. The van der Waals surface area contributed by atoms with Gasteiger partial charge in [0.25, 0.3) is 0 Å². The molecule has 0 aliphatic rings. The lowest BCUT2D eigenvalue weighted by Gasteiger charge is -2.11. The average molecular weight is 324 g/mol. The van der Waals surface area contributed by atoms with Crippen LogP contribution in [0.25, 0.3) is 5.69 Å². The zero-order valence-electron chi connectivity index (χ0n) is 10.2. The third kappa shape index (κ3) is 3.65. The summed E-state index contributed by atoms with van der Waals surface area (Å²) in [5.41, 5.74) is 7.80. The average Bonchev–Trinajstić information content (AvgIpc) is 2.83. The second-order valence-electron chi connectivity index (χ2n) is 4.23. The molecule has 2 aromatic rings. The predicted molar refractivity (Wildman–Crippen MR) is 75.1 cm³/mol. The fourth-order valence-electron chi connectivity index (χ4n) is 1.76. The highest BCUT2D eigenvalue weighted by Crippen LogP contribution is 2.18. The van der Waals surface area contributed by atoms with Crippen LogP contribution in [0.1, 0.15) is 24.4 Å². The standard InChI is InChI=1S/C13H14BrN3O2/c14-10-7-16-17(8-10)11-3-1-9(2-4-11)12(15)5-6-13(18)19/h1-4,7-8,12H,5-6,15H2,(H,18,19). The molecule has 0 bridgehead atoms. The molecule has 0 saturated heterocycles. The van der Waals surface area contributed by atoms with E-state index in [1.165, 1.54) is 0 Å². The van der Waals surface area contributed by atoms with Crippen molar-refractivity contribution in [2.45, 2.75) is 18.9 Å². The fraction of sp³-hybridized carbons (Fsp3) is 0.231. The van der Waals surface area contributed by atoms with Gasteiger partial charge in [-0.2, -0.15) is 5.10 Å². The molecule has 0 spiro atoms. The van der Waals surface area contributed by atoms with Crippen molar-refractivity contribution in [3.63, 3.8) is 0 Å². The molecule has 0 aliphatic carbocycles. The Labute approximate surface area is 119 Å². The summed E-state index contributed by atoms with van der Waals surface area (Å²) in [5, 5.41) is 12.8. The highest BCUT2D eigenvalue weighted by molar-refractivity contribution is 9.10. The number of rotatable bonds is 5. The van der Waals surface area contributed by atoms with Crippen LogP contribution in [0.3, 0.4) is 0 Å². The number of halogens is 1. The molecule has 1 aromatic carbocycles. The Kier molecular flexibility index (Phi) is 4.34. The zero-order chi connectivity index (χ0) is 13.8. The molecule has 6 heteroatoms. The maximum absolute atomic E-state index is 10.5. The molecule has 2 rings (SSSR count). The Morgan fingerprint density at radius 1 is 1.42 bits per heavy atom. The third-order valence-corrected chi connectivity index (χ3v) is 3.22. The van der Waals surface area contributed by atoms with Gasteiger partial charge in [0.1, 0.15) is 0 Å². The van der Waals surface area contributed by atoms with E-state index in [1.807, 2.05) is 30.5 Å². The largest absolute Gasteiger partial charge is 0.481 e. The van der Waals surface area contributed by atoms with Crippen LogP contribution in [0.5, 0.6) is 0 Å². The number of benzene rings is 1. The van der Waals surface area contributed by atoms with Crippen LogP contribution >= 0.6 is 15.9 Å². The van der Waals surface area contributed by atoms with Gasteiger partial charge in [0.15, 0.2) is 0 Å². The summed E-state index contributed by atoms with van der Waals surface area (Å²) >= 11 is 3.34. The van der Waals surface area contributed by atoms with E-state index < -0.39 is 5.97 Å². The van der Waals surface area contributed by atoms with Crippen LogP contribution in [0.4, 0.5) is 0 Å². The molecule has 0 aliphatic heterocycles. The quantitative estimate of drug-likeness (QED) is 0.885. The topological polar surface area (TPSA) is 81.1 Å². The van der Waals surface area contributed by atoms with Crippen molar-refractivity contribution in [2.24, 2.45) is 5.73 Å². The molecular weight excluding hydrogens is 310 g/mol. The molecule has 3 N–H and O–H groups in total. The minimum Gasteiger partial charge on any atom is -0.481 e. The maximum Gasteiger partial charge on any atom is 0.303 e. The van der Waals surface area contributed by atoms with E-state index in [4.69, 9.17) is 10.8 Å². The molecule has 1 unspecified atom stereocenters. The molecule has 0 amide bonds. The van der Waals surface area contributed by atoms with Gasteiger partial charge in [0, 0.05) is 18.7 Å². The lowest BCUT2D eigenvalue weighted by atomic mass is 10.0. The maximum atomic E-state index is 10.5. The van der Waals surface area contributed by atoms with Crippen molar-refractivity contribution in [3.05, 3.63) is 46.7 Å². The normalized spacial score (nSPS) is 12.3. The fourth-order valence-corrected chi connectivity index (χ4v) is 2.05. The Balaban J connectivity index is 2.07. The first-order valence-electron chi connectivity index (χ1n) is 5.84. The summed E-state index contributed by atoms with van der Waals surface area (Å²) in [6.45, 7) is 0. The minimum absolute atomic E-state index is 0.0784. The molecule has 0 fully saturated rings. The van der Waals surface area contributed by atoms with Crippen molar-refractivity contribution in [1.82, 2.24) is 9.78 Å². The molecular formula is C13H14BrN3O2. The SMILES string of the molecule is NC(CCC(=O)O)c1ccc(-n2cc(Br)cn2)cc1. The molecule has 100 valence electrons. The van der Waals surface area contributed by atoms with Crippen LogP contribution in [0, 0.1) is 0 Å². The number of aromatic nitrogens is 2. The number of carboxylic acid groups (broad SMARTS) is 1. The highest BCUT2D eigenvalue weighted by Gasteiger charge is 2.08. The van der Waals surface area contributed by atoms with E-state index in [2.05, 4.69) is 21.0 Å². The monoisotopic (exact) mass is 323 g/mol. The first-order valence-corrected chi connectivity index (χ1v) is 6.63. The van der Waals surface area contributed by atoms with Crippen LogP contribution < -0.4 is 5.73 Å². The van der Waals surface area contributed by atoms with Gasteiger partial charge in [-0.25, -0.2) is 4.68 Å². The summed E-state index contributed by atoms with van der Waals surface area (Å²) in [6.07, 6.45) is 4.09. The third-order valence-electron chi connectivity index (χ3n) is 2.81. The Bertz CT molecular complexity index is 566. The number of hydrogen-bond donors (Lipinski definition) is 2. The summed E-state index contributed by atoms with van der Waals surface area (Å²) in [4.78, 5) is 10.5. The summed E-state index contributed by atoms with van der Waals surface area (Å²) < 4.78 is 2.66. The van der Waals surface area contributed by atoms with Gasteiger partial charge in [-0.15, -0.1) is 0 Å². The Morgan fingerprint density at radius 3 is 2.63 bits per heavy atom. The van der Waals surface area contributed by atoms with E-state index in [-0.39, 0.29) is 12.5 Å². The summed E-state index contributed by atoms with van der Waals surface area (Å²) in [5.74, 6) is -0.825. The highest BCUT2D eigenvalue weighted by atomic mass is 79.9. The van der Waals surface area contributed by atoms with E-state index in [1.54, 1.807) is 10.9 Å². The molecule has 1 atom stereocenters. The molecule has 0 saturated carbocycles. The van der Waals surface area contributed by atoms with Gasteiger partial charge in [-0.05, 0) is 40.0 Å². The lowest BCUT2D eigenvalue weighted by Crippen LogP contribution is -2.12. The van der Waals surface area contributed by atoms with Crippen LogP contribution in [-0.2, 0) is 4.79 Å². The first-order chi connectivity index (χ1) is 9.06. The number of nitrogens with two attached hydrogens (primary N) is 1. The number of carbonyl (C=O) groups is 1. The van der Waals surface area contributed by atoms with E-state index in [0.29, 0.717) is 6.42 Å². The van der Waals surface area contributed by atoms with Gasteiger partial charge in [0.2, 0.25) is 0 Å². The molecule has 5 nitrogen and oxygen atoms in total. The van der Waals surface area contributed by atoms with Gasteiger partial charge >= 0.3 is 5.97 Å². The second-order valence-corrected chi connectivity index (χ2v) is 5.15. The summed E-state index contributed by atoms with van der Waals surface area (Å²) in [6, 6.07) is 7.37. The zero-order valence-corrected chi connectivity index (χ0v) is 11.7. The number of aliphatic carboxylic acids is 1. The molecule has 1 aromatic heterocycles. The van der Waals surface area contributed by atoms with Crippen molar-refractivity contribution < 1.29 is 9.90 Å². The van der Waals surface area contributed by atoms with Gasteiger partial charge < -0.3 is 10.8 Å². The van der Waals surface area contributed by atoms with E-state index >= 15 is 0 Å².